The molecule has 2 heterocycles. The molecule has 4 heteroatoms. The highest BCUT2D eigenvalue weighted by Crippen LogP contribution is 2.38. The van der Waals surface area contributed by atoms with Crippen LogP contribution in [0.1, 0.15) is 13.8 Å². The number of rotatable bonds is 2. The molecule has 4 atom stereocenters. The van der Waals surface area contributed by atoms with E-state index in [0.29, 0.717) is 0 Å². The van der Waals surface area contributed by atoms with E-state index in [2.05, 4.69) is 6.58 Å². The summed E-state index contributed by atoms with van der Waals surface area (Å²) in [5, 5.41) is 9.10. The van der Waals surface area contributed by atoms with Gasteiger partial charge in [-0.3, -0.25) is 0 Å². The van der Waals surface area contributed by atoms with Gasteiger partial charge in [-0.25, -0.2) is 0 Å². The average molecular weight is 200 g/mol. The highest BCUT2D eigenvalue weighted by molar-refractivity contribution is 5.03. The predicted octanol–water partition coefficient (Wildman–Crippen LogP) is 0.452. The van der Waals surface area contributed by atoms with E-state index in [-0.39, 0.29) is 31.0 Å². The first-order valence-corrected chi connectivity index (χ1v) is 4.82. The molecule has 0 bridgehead atoms. The molecule has 0 radical (unpaired) electrons. The third kappa shape index (κ3) is 1.48. The molecule has 0 aromatic rings. The lowest BCUT2D eigenvalue weighted by Crippen LogP contribution is -2.31. The molecule has 0 aliphatic carbocycles. The molecule has 80 valence electrons. The first kappa shape index (κ1) is 10.1. The number of aliphatic hydroxyl groups excluding tert-OH is 1. The summed E-state index contributed by atoms with van der Waals surface area (Å²) in [4.78, 5) is 0. The van der Waals surface area contributed by atoms with Gasteiger partial charge in [0.15, 0.2) is 5.79 Å². The van der Waals surface area contributed by atoms with Crippen LogP contribution in [0.25, 0.3) is 0 Å². The lowest BCUT2D eigenvalue weighted by atomic mass is 10.1. The molecule has 0 aromatic heterocycles. The van der Waals surface area contributed by atoms with Crippen molar-refractivity contribution in [2.75, 3.05) is 6.61 Å². The monoisotopic (exact) mass is 200 g/mol. The summed E-state index contributed by atoms with van der Waals surface area (Å²) in [5.74, 6) is -0.589. The first-order chi connectivity index (χ1) is 6.57. The zero-order valence-corrected chi connectivity index (χ0v) is 8.47. The maximum Gasteiger partial charge on any atom is 0.164 e. The van der Waals surface area contributed by atoms with Crippen molar-refractivity contribution in [2.24, 2.45) is 0 Å². The Morgan fingerprint density at radius 1 is 1.36 bits per heavy atom. The van der Waals surface area contributed by atoms with E-state index in [0.717, 1.165) is 0 Å². The minimum absolute atomic E-state index is 0.0506. The number of hydrogen-bond acceptors (Lipinski definition) is 4. The van der Waals surface area contributed by atoms with Crippen molar-refractivity contribution in [3.63, 3.8) is 0 Å². The predicted molar refractivity (Wildman–Crippen MR) is 49.8 cm³/mol. The summed E-state index contributed by atoms with van der Waals surface area (Å²) in [5.41, 5.74) is 0. The van der Waals surface area contributed by atoms with E-state index in [1.807, 2.05) is 13.8 Å². The van der Waals surface area contributed by atoms with Crippen LogP contribution in [0.5, 0.6) is 0 Å². The standard InChI is InChI=1S/C10H16O4/c1-4-6-8-9(7(5-11)12-6)14-10(2,3)13-8/h4,6-9,11H,1,5H2,2-3H3/t6-,7+,8+,9-/m0/s1. The number of ether oxygens (including phenoxy) is 3. The van der Waals surface area contributed by atoms with Gasteiger partial charge in [-0.15, -0.1) is 6.58 Å². The summed E-state index contributed by atoms with van der Waals surface area (Å²) in [6.45, 7) is 7.35. The molecule has 2 fully saturated rings. The topological polar surface area (TPSA) is 47.9 Å². The molecular formula is C10H16O4. The van der Waals surface area contributed by atoms with Crippen LogP contribution in [0, 0.1) is 0 Å². The van der Waals surface area contributed by atoms with E-state index in [1.54, 1.807) is 6.08 Å². The van der Waals surface area contributed by atoms with Crippen LogP contribution >= 0.6 is 0 Å². The van der Waals surface area contributed by atoms with Gasteiger partial charge in [-0.2, -0.15) is 0 Å². The van der Waals surface area contributed by atoms with Crippen molar-refractivity contribution in [3.05, 3.63) is 12.7 Å². The van der Waals surface area contributed by atoms with Crippen molar-refractivity contribution >= 4 is 0 Å². The Hall–Kier alpha value is -0.420. The van der Waals surface area contributed by atoms with Gasteiger partial charge >= 0.3 is 0 Å². The van der Waals surface area contributed by atoms with Crippen LogP contribution < -0.4 is 0 Å². The highest BCUT2D eigenvalue weighted by atomic mass is 16.8. The summed E-state index contributed by atoms with van der Waals surface area (Å²) in [6, 6.07) is 0. The summed E-state index contributed by atoms with van der Waals surface area (Å²) < 4.78 is 16.8. The third-order valence-electron chi connectivity index (χ3n) is 2.60. The lowest BCUT2D eigenvalue weighted by molar-refractivity contribution is -0.185. The fraction of sp³-hybridized carbons (Fsp3) is 0.800. The molecule has 1 N–H and O–H groups in total. The highest BCUT2D eigenvalue weighted by Gasteiger charge is 2.53. The van der Waals surface area contributed by atoms with E-state index in [9.17, 15) is 0 Å². The second-order valence-corrected chi connectivity index (χ2v) is 4.12. The molecule has 0 amide bonds. The largest absolute Gasteiger partial charge is 0.394 e. The van der Waals surface area contributed by atoms with Crippen molar-refractivity contribution in [1.29, 1.82) is 0 Å². The van der Waals surface area contributed by atoms with Crippen LogP contribution in [-0.2, 0) is 14.2 Å². The molecule has 2 aliphatic heterocycles. The second-order valence-electron chi connectivity index (χ2n) is 4.12. The van der Waals surface area contributed by atoms with Gasteiger partial charge in [0.05, 0.1) is 6.61 Å². The minimum atomic E-state index is -0.589. The first-order valence-electron chi connectivity index (χ1n) is 4.82. The van der Waals surface area contributed by atoms with Crippen LogP contribution in [0.15, 0.2) is 12.7 Å². The molecule has 0 saturated carbocycles. The van der Waals surface area contributed by atoms with Crippen molar-refractivity contribution < 1.29 is 19.3 Å². The van der Waals surface area contributed by atoms with Gasteiger partial charge in [-0.05, 0) is 13.8 Å². The molecule has 2 saturated heterocycles. The van der Waals surface area contributed by atoms with Gasteiger partial charge in [-0.1, -0.05) is 6.08 Å². The Morgan fingerprint density at radius 2 is 2.00 bits per heavy atom. The van der Waals surface area contributed by atoms with E-state index < -0.39 is 5.79 Å². The average Bonchev–Trinajstić information content (AvgIpc) is 2.57. The van der Waals surface area contributed by atoms with Crippen LogP contribution in [0.2, 0.25) is 0 Å². The van der Waals surface area contributed by atoms with E-state index in [1.165, 1.54) is 0 Å². The maximum absolute atomic E-state index is 9.10. The van der Waals surface area contributed by atoms with Crippen molar-refractivity contribution in [3.8, 4) is 0 Å². The molecule has 4 nitrogen and oxygen atoms in total. The number of fused-ring (bicyclic) bond motifs is 1. The molecule has 2 aliphatic rings. The molecule has 0 unspecified atom stereocenters. The Morgan fingerprint density at radius 3 is 2.57 bits per heavy atom. The van der Waals surface area contributed by atoms with Gasteiger partial charge in [0.1, 0.15) is 24.4 Å². The van der Waals surface area contributed by atoms with Crippen molar-refractivity contribution in [1.82, 2.24) is 0 Å². The minimum Gasteiger partial charge on any atom is -0.394 e. The van der Waals surface area contributed by atoms with E-state index in [4.69, 9.17) is 19.3 Å². The van der Waals surface area contributed by atoms with Crippen LogP contribution in [0.4, 0.5) is 0 Å². The zero-order valence-electron chi connectivity index (χ0n) is 8.47. The van der Waals surface area contributed by atoms with Crippen LogP contribution in [0.3, 0.4) is 0 Å². The third-order valence-corrected chi connectivity index (χ3v) is 2.60. The lowest BCUT2D eigenvalue weighted by Gasteiger charge is -2.22. The Balaban J connectivity index is 2.16. The van der Waals surface area contributed by atoms with Crippen LogP contribution in [-0.4, -0.2) is 41.9 Å². The van der Waals surface area contributed by atoms with Gasteiger partial charge in [0.2, 0.25) is 0 Å². The fourth-order valence-electron chi connectivity index (χ4n) is 2.05. The van der Waals surface area contributed by atoms with Gasteiger partial charge in [0, 0.05) is 0 Å². The summed E-state index contributed by atoms with van der Waals surface area (Å²) in [6.07, 6.45) is 0.888. The molecule has 0 spiro atoms. The smallest absolute Gasteiger partial charge is 0.164 e. The van der Waals surface area contributed by atoms with Gasteiger partial charge < -0.3 is 19.3 Å². The quantitative estimate of drug-likeness (QED) is 0.657. The molecule has 2 rings (SSSR count). The van der Waals surface area contributed by atoms with Crippen molar-refractivity contribution in [2.45, 2.75) is 44.1 Å². The SMILES string of the molecule is C=C[C@@H]1O[C@H](CO)[C@@H]2OC(C)(C)O[C@@H]21. The van der Waals surface area contributed by atoms with E-state index >= 15 is 0 Å². The maximum atomic E-state index is 9.10. The second kappa shape index (κ2) is 3.31. The summed E-state index contributed by atoms with van der Waals surface area (Å²) in [7, 11) is 0. The Bertz CT molecular complexity index is 238. The fourth-order valence-corrected chi connectivity index (χ4v) is 2.05. The van der Waals surface area contributed by atoms with Gasteiger partial charge in [0.25, 0.3) is 0 Å². The Labute approximate surface area is 83.5 Å². The molecule has 0 aromatic carbocycles. The normalized spacial score (nSPS) is 45.1. The molecular weight excluding hydrogens is 184 g/mol. The molecule has 14 heavy (non-hydrogen) atoms. The summed E-state index contributed by atoms with van der Waals surface area (Å²) >= 11 is 0. The number of aliphatic hydroxyl groups is 1. The zero-order chi connectivity index (χ0) is 10.3. The number of hydrogen-bond donors (Lipinski definition) is 1. The Kier molecular flexibility index (Phi) is 2.39.